The molecule has 2 aliphatic rings. The quantitative estimate of drug-likeness (QED) is 0.807. The van der Waals surface area contributed by atoms with Crippen molar-refractivity contribution in [1.82, 2.24) is 15.1 Å². The molecule has 5 nitrogen and oxygen atoms in total. The molecule has 2 unspecified atom stereocenters. The molecule has 2 atom stereocenters. The zero-order valence-electron chi connectivity index (χ0n) is 14.0. The summed E-state index contributed by atoms with van der Waals surface area (Å²) >= 11 is 0. The van der Waals surface area contributed by atoms with Crippen molar-refractivity contribution in [1.29, 1.82) is 0 Å². The Hall–Kier alpha value is -0.810. The van der Waals surface area contributed by atoms with E-state index in [4.69, 9.17) is 0 Å². The van der Waals surface area contributed by atoms with E-state index in [-0.39, 0.29) is 24.2 Å². The third kappa shape index (κ3) is 4.59. The van der Waals surface area contributed by atoms with Gasteiger partial charge in [-0.2, -0.15) is 0 Å². The lowest BCUT2D eigenvalue weighted by molar-refractivity contribution is -0.137. The normalized spacial score (nSPS) is 26.2. The highest BCUT2D eigenvalue weighted by Gasteiger charge is 2.36. The summed E-state index contributed by atoms with van der Waals surface area (Å²) in [6, 6.07) is 1.52. The number of nitrogens with one attached hydrogen (secondary N) is 1. The zero-order valence-corrected chi connectivity index (χ0v) is 14.8. The minimum absolute atomic E-state index is 0. The fourth-order valence-corrected chi connectivity index (χ4v) is 3.67. The lowest BCUT2D eigenvalue weighted by Crippen LogP contribution is -2.48. The topological polar surface area (TPSA) is 52.7 Å². The molecule has 0 aromatic rings. The van der Waals surface area contributed by atoms with Crippen LogP contribution in [0.2, 0.25) is 0 Å². The van der Waals surface area contributed by atoms with Crippen molar-refractivity contribution in [3.8, 4) is 0 Å². The van der Waals surface area contributed by atoms with E-state index in [9.17, 15) is 9.59 Å². The monoisotopic (exact) mass is 331 g/mol. The number of hydrogen-bond donors (Lipinski definition) is 1. The van der Waals surface area contributed by atoms with E-state index in [1.807, 2.05) is 25.8 Å². The first kappa shape index (κ1) is 19.2. The van der Waals surface area contributed by atoms with Gasteiger partial charge in [-0.3, -0.25) is 9.59 Å². The fraction of sp³-hybridized carbons (Fsp3) is 0.875. The summed E-state index contributed by atoms with van der Waals surface area (Å²) in [6.07, 6.45) is 5.27. The Morgan fingerprint density at radius 3 is 2.00 bits per heavy atom. The van der Waals surface area contributed by atoms with Crippen LogP contribution in [0.5, 0.6) is 0 Å². The molecule has 0 saturated carbocycles. The molecule has 0 aromatic carbocycles. The molecule has 22 heavy (non-hydrogen) atoms. The number of carbonyl (C=O) groups excluding carboxylic acids is 2. The number of piperidine rings is 1. The molecular weight excluding hydrogens is 302 g/mol. The van der Waals surface area contributed by atoms with Gasteiger partial charge in [-0.15, -0.1) is 12.4 Å². The molecule has 0 aliphatic carbocycles. The zero-order chi connectivity index (χ0) is 15.4. The Labute approximate surface area is 140 Å². The number of nitrogens with zero attached hydrogens (tertiary/aromatic N) is 2. The van der Waals surface area contributed by atoms with E-state index in [0.29, 0.717) is 31.0 Å². The summed E-state index contributed by atoms with van der Waals surface area (Å²) in [7, 11) is 1.90. The predicted octanol–water partition coefficient (Wildman–Crippen LogP) is 1.80. The maximum Gasteiger partial charge on any atom is 0.223 e. The van der Waals surface area contributed by atoms with Crippen LogP contribution in [-0.4, -0.2) is 59.9 Å². The SMILES string of the molecule is CCN(CC)C(=O)CCC(=O)N(C)C1CC2CCC(C1)N2.Cl. The van der Waals surface area contributed by atoms with Gasteiger partial charge in [-0.25, -0.2) is 0 Å². The molecule has 128 valence electrons. The lowest BCUT2D eigenvalue weighted by Gasteiger charge is -2.35. The summed E-state index contributed by atoms with van der Waals surface area (Å²) in [6.45, 7) is 5.38. The second kappa shape index (κ2) is 8.73. The van der Waals surface area contributed by atoms with E-state index in [2.05, 4.69) is 5.32 Å². The van der Waals surface area contributed by atoms with Gasteiger partial charge in [0, 0.05) is 51.1 Å². The standard InChI is InChI=1S/C16H29N3O2.ClH/c1-4-19(5-2)16(21)9-8-15(20)18(3)14-10-12-6-7-13(11-14)17-12;/h12-14,17H,4-11H2,1-3H3;1H. The molecule has 1 N–H and O–H groups in total. The van der Waals surface area contributed by atoms with Crippen LogP contribution in [-0.2, 0) is 9.59 Å². The van der Waals surface area contributed by atoms with Crippen LogP contribution in [0.15, 0.2) is 0 Å². The smallest absolute Gasteiger partial charge is 0.223 e. The predicted molar refractivity (Wildman–Crippen MR) is 90.1 cm³/mol. The highest BCUT2D eigenvalue weighted by molar-refractivity contribution is 5.85. The molecule has 2 aliphatic heterocycles. The van der Waals surface area contributed by atoms with Gasteiger partial charge in [0.15, 0.2) is 0 Å². The third-order valence-corrected chi connectivity index (χ3v) is 5.06. The van der Waals surface area contributed by atoms with E-state index in [0.717, 1.165) is 25.9 Å². The molecule has 0 radical (unpaired) electrons. The highest BCUT2D eigenvalue weighted by atomic mass is 35.5. The first-order valence-electron chi connectivity index (χ1n) is 8.34. The number of hydrogen-bond acceptors (Lipinski definition) is 3. The van der Waals surface area contributed by atoms with Crippen molar-refractivity contribution in [3.63, 3.8) is 0 Å². The summed E-state index contributed by atoms with van der Waals surface area (Å²) < 4.78 is 0. The molecule has 0 spiro atoms. The number of rotatable bonds is 6. The summed E-state index contributed by atoms with van der Waals surface area (Å²) in [5, 5.41) is 3.60. The van der Waals surface area contributed by atoms with Crippen molar-refractivity contribution in [2.75, 3.05) is 20.1 Å². The van der Waals surface area contributed by atoms with Crippen molar-refractivity contribution < 1.29 is 9.59 Å². The van der Waals surface area contributed by atoms with Crippen LogP contribution in [0.3, 0.4) is 0 Å². The van der Waals surface area contributed by atoms with Crippen LogP contribution in [0.4, 0.5) is 0 Å². The Morgan fingerprint density at radius 1 is 1.00 bits per heavy atom. The van der Waals surface area contributed by atoms with E-state index < -0.39 is 0 Å². The van der Waals surface area contributed by atoms with Crippen LogP contribution >= 0.6 is 12.4 Å². The van der Waals surface area contributed by atoms with Gasteiger partial charge in [-0.05, 0) is 39.5 Å². The summed E-state index contributed by atoms with van der Waals surface area (Å²) in [5.41, 5.74) is 0. The molecular formula is C16H30ClN3O2. The Morgan fingerprint density at radius 2 is 1.50 bits per heavy atom. The second-order valence-corrected chi connectivity index (χ2v) is 6.33. The van der Waals surface area contributed by atoms with Gasteiger partial charge in [0.2, 0.25) is 11.8 Å². The van der Waals surface area contributed by atoms with Gasteiger partial charge in [0.1, 0.15) is 0 Å². The van der Waals surface area contributed by atoms with E-state index in [1.54, 1.807) is 4.90 Å². The van der Waals surface area contributed by atoms with Crippen LogP contribution in [0, 0.1) is 0 Å². The Bertz CT molecular complexity index is 376. The maximum absolute atomic E-state index is 12.3. The second-order valence-electron chi connectivity index (χ2n) is 6.33. The molecule has 2 bridgehead atoms. The molecule has 6 heteroatoms. The molecule has 2 rings (SSSR count). The minimum atomic E-state index is 0. The Balaban J connectivity index is 0.00000242. The number of carbonyl (C=O) groups is 2. The Kier molecular flexibility index (Phi) is 7.63. The van der Waals surface area contributed by atoms with E-state index in [1.165, 1.54) is 12.8 Å². The van der Waals surface area contributed by atoms with Gasteiger partial charge < -0.3 is 15.1 Å². The largest absolute Gasteiger partial charge is 0.343 e. The van der Waals surface area contributed by atoms with Gasteiger partial charge in [-0.1, -0.05) is 0 Å². The van der Waals surface area contributed by atoms with Gasteiger partial charge in [0.25, 0.3) is 0 Å². The average Bonchev–Trinajstić information content (AvgIpc) is 2.83. The van der Waals surface area contributed by atoms with Gasteiger partial charge >= 0.3 is 0 Å². The van der Waals surface area contributed by atoms with Crippen molar-refractivity contribution >= 4 is 24.2 Å². The molecule has 2 saturated heterocycles. The van der Waals surface area contributed by atoms with Crippen molar-refractivity contribution in [2.45, 2.75) is 70.5 Å². The average molecular weight is 332 g/mol. The van der Waals surface area contributed by atoms with Crippen LogP contribution in [0.1, 0.15) is 52.4 Å². The van der Waals surface area contributed by atoms with Gasteiger partial charge in [0.05, 0.1) is 0 Å². The van der Waals surface area contributed by atoms with E-state index >= 15 is 0 Å². The molecule has 0 aromatic heterocycles. The van der Waals surface area contributed by atoms with Crippen molar-refractivity contribution in [3.05, 3.63) is 0 Å². The fourth-order valence-electron chi connectivity index (χ4n) is 3.67. The third-order valence-electron chi connectivity index (χ3n) is 5.06. The number of amides is 2. The number of halogens is 1. The minimum Gasteiger partial charge on any atom is -0.343 e. The highest BCUT2D eigenvalue weighted by Crippen LogP contribution is 2.29. The maximum atomic E-state index is 12.3. The van der Waals surface area contributed by atoms with Crippen LogP contribution < -0.4 is 5.32 Å². The number of fused-ring (bicyclic) bond motifs is 2. The van der Waals surface area contributed by atoms with Crippen molar-refractivity contribution in [2.24, 2.45) is 0 Å². The first-order valence-corrected chi connectivity index (χ1v) is 8.34. The summed E-state index contributed by atoms with van der Waals surface area (Å²) in [4.78, 5) is 28.0. The first-order chi connectivity index (χ1) is 10.0. The summed E-state index contributed by atoms with van der Waals surface area (Å²) in [5.74, 6) is 0.203. The van der Waals surface area contributed by atoms with Crippen LogP contribution in [0.25, 0.3) is 0 Å². The molecule has 2 amide bonds. The molecule has 2 heterocycles. The molecule has 2 fully saturated rings. The lowest BCUT2D eigenvalue weighted by atomic mass is 9.98.